The van der Waals surface area contributed by atoms with Gasteiger partial charge in [-0.1, -0.05) is 28.0 Å². The summed E-state index contributed by atoms with van der Waals surface area (Å²) in [6.45, 7) is 0.0717. The molecule has 3 aliphatic rings. The Labute approximate surface area is 187 Å². The molecule has 1 saturated heterocycles. The van der Waals surface area contributed by atoms with E-state index in [9.17, 15) is 9.59 Å². The van der Waals surface area contributed by atoms with Gasteiger partial charge < -0.3 is 4.52 Å². The van der Waals surface area contributed by atoms with Gasteiger partial charge in [-0.05, 0) is 66.8 Å². The van der Waals surface area contributed by atoms with Crippen molar-refractivity contribution in [2.45, 2.75) is 37.9 Å². The minimum atomic E-state index is -0.866. The summed E-state index contributed by atoms with van der Waals surface area (Å²) < 4.78 is 5.34. The molecular formula is C22H17ClN6O3. The fourth-order valence-electron chi connectivity index (χ4n) is 4.48. The third-order valence-corrected chi connectivity index (χ3v) is 6.32. The number of nitrogens with zero attached hydrogens (tertiary/aromatic N) is 6. The number of carbonyl (C=O) groups excluding carboxylic acids is 2. The lowest BCUT2D eigenvalue weighted by atomic mass is 10.1. The van der Waals surface area contributed by atoms with E-state index < -0.39 is 12.1 Å². The summed E-state index contributed by atoms with van der Waals surface area (Å²) in [6, 6.07) is 11.1. The number of amides is 2. The van der Waals surface area contributed by atoms with E-state index in [-0.39, 0.29) is 24.2 Å². The van der Waals surface area contributed by atoms with Crippen molar-refractivity contribution in [2.24, 2.45) is 10.3 Å². The number of aryl methyl sites for hydroxylation is 2. The molecule has 160 valence electrons. The summed E-state index contributed by atoms with van der Waals surface area (Å²) in [5.74, 6) is -0.0410. The summed E-state index contributed by atoms with van der Waals surface area (Å²) in [4.78, 5) is 31.8. The zero-order chi connectivity index (χ0) is 21.8. The highest BCUT2D eigenvalue weighted by molar-refractivity contribution is 6.30. The van der Waals surface area contributed by atoms with E-state index in [2.05, 4.69) is 20.5 Å². The van der Waals surface area contributed by atoms with Gasteiger partial charge in [-0.25, -0.2) is 4.90 Å². The molecule has 1 fully saturated rings. The summed E-state index contributed by atoms with van der Waals surface area (Å²) in [5, 5.41) is 14.1. The SMILES string of the molecule is O=C1[C@@H]2[C@@H](N=NN2Cc2nc(-c3ccc(Cl)cc3)no2)C(=O)N1c1ccc2c(c1)CCC2. The van der Waals surface area contributed by atoms with E-state index >= 15 is 0 Å². The van der Waals surface area contributed by atoms with Gasteiger partial charge in [0.1, 0.15) is 6.54 Å². The zero-order valence-corrected chi connectivity index (χ0v) is 17.6. The van der Waals surface area contributed by atoms with Crippen LogP contribution in [0.2, 0.25) is 5.02 Å². The van der Waals surface area contributed by atoms with Gasteiger partial charge in [-0.15, -0.1) is 0 Å². The second-order valence-electron chi connectivity index (χ2n) is 8.03. The first-order valence-corrected chi connectivity index (χ1v) is 10.7. The van der Waals surface area contributed by atoms with Crippen molar-refractivity contribution >= 4 is 29.1 Å². The van der Waals surface area contributed by atoms with E-state index in [1.807, 2.05) is 18.2 Å². The van der Waals surface area contributed by atoms with Crippen LogP contribution in [0.1, 0.15) is 23.4 Å². The van der Waals surface area contributed by atoms with E-state index in [0.29, 0.717) is 16.5 Å². The molecule has 3 aromatic rings. The van der Waals surface area contributed by atoms with Gasteiger partial charge in [0, 0.05) is 10.6 Å². The zero-order valence-electron chi connectivity index (χ0n) is 16.8. The quantitative estimate of drug-likeness (QED) is 0.567. The standard InChI is InChI=1S/C22H17ClN6O3/c23-15-7-4-13(5-8-15)20-24-17(32-26-20)11-28-19-18(25-27-28)21(30)29(22(19)31)16-9-6-12-2-1-3-14(12)10-16/h4-10,18-19H,1-3,11H2/t18-,19+/m1/s1. The Kier molecular flexibility index (Phi) is 4.32. The highest BCUT2D eigenvalue weighted by atomic mass is 35.5. The maximum Gasteiger partial charge on any atom is 0.263 e. The Morgan fingerprint density at radius 3 is 2.69 bits per heavy atom. The summed E-state index contributed by atoms with van der Waals surface area (Å²) in [6.07, 6.45) is 3.09. The number of hydrogen-bond acceptors (Lipinski definition) is 8. The fraction of sp³-hybridized carbons (Fsp3) is 0.273. The largest absolute Gasteiger partial charge is 0.337 e. The molecule has 0 radical (unpaired) electrons. The number of carbonyl (C=O) groups is 2. The molecule has 0 N–H and O–H groups in total. The van der Waals surface area contributed by atoms with E-state index in [4.69, 9.17) is 16.1 Å². The van der Waals surface area contributed by atoms with Gasteiger partial charge in [-0.3, -0.25) is 14.6 Å². The van der Waals surface area contributed by atoms with Crippen LogP contribution in [0, 0.1) is 0 Å². The monoisotopic (exact) mass is 448 g/mol. The molecule has 0 saturated carbocycles. The molecule has 2 amide bonds. The maximum atomic E-state index is 13.2. The Hall–Kier alpha value is -3.59. The fourth-order valence-corrected chi connectivity index (χ4v) is 4.61. The highest BCUT2D eigenvalue weighted by Gasteiger charge is 2.55. The number of hydrogen-bond donors (Lipinski definition) is 0. The lowest BCUT2D eigenvalue weighted by Crippen LogP contribution is -2.39. The average Bonchev–Trinajstić information content (AvgIpc) is 3.56. The van der Waals surface area contributed by atoms with Gasteiger partial charge in [0.15, 0.2) is 12.1 Å². The van der Waals surface area contributed by atoms with Crippen molar-refractivity contribution in [3.05, 3.63) is 64.5 Å². The predicted octanol–water partition coefficient (Wildman–Crippen LogP) is 3.37. The van der Waals surface area contributed by atoms with Crippen LogP contribution >= 0.6 is 11.6 Å². The van der Waals surface area contributed by atoms with Crippen LogP contribution < -0.4 is 4.90 Å². The molecular weight excluding hydrogens is 432 g/mol. The molecule has 3 heterocycles. The van der Waals surface area contributed by atoms with Crippen LogP contribution in [-0.2, 0) is 29.0 Å². The molecule has 0 bridgehead atoms. The number of imide groups is 1. The van der Waals surface area contributed by atoms with Crippen molar-refractivity contribution < 1.29 is 14.1 Å². The first-order valence-electron chi connectivity index (χ1n) is 10.3. The van der Waals surface area contributed by atoms with Crippen LogP contribution in [0.4, 0.5) is 5.69 Å². The molecule has 0 unspecified atom stereocenters. The first-order chi connectivity index (χ1) is 15.6. The van der Waals surface area contributed by atoms with Gasteiger partial charge in [0.25, 0.3) is 11.8 Å². The van der Waals surface area contributed by atoms with Crippen LogP contribution in [0.3, 0.4) is 0 Å². The lowest BCUT2D eigenvalue weighted by Gasteiger charge is -2.19. The van der Waals surface area contributed by atoms with Crippen LogP contribution in [0.5, 0.6) is 0 Å². The summed E-state index contributed by atoms with van der Waals surface area (Å²) >= 11 is 5.92. The van der Waals surface area contributed by atoms with Crippen molar-refractivity contribution in [1.82, 2.24) is 15.1 Å². The Balaban J connectivity index is 1.23. The van der Waals surface area contributed by atoms with Crippen LogP contribution in [0.25, 0.3) is 11.4 Å². The predicted molar refractivity (Wildman–Crippen MR) is 114 cm³/mol. The van der Waals surface area contributed by atoms with Crippen molar-refractivity contribution in [2.75, 3.05) is 4.90 Å². The van der Waals surface area contributed by atoms with Crippen molar-refractivity contribution in [1.29, 1.82) is 0 Å². The van der Waals surface area contributed by atoms with E-state index in [1.165, 1.54) is 21.0 Å². The molecule has 1 aromatic heterocycles. The molecule has 0 spiro atoms. The van der Waals surface area contributed by atoms with Crippen LogP contribution in [-0.4, -0.2) is 39.0 Å². The normalized spacial score (nSPS) is 21.5. The average molecular weight is 449 g/mol. The van der Waals surface area contributed by atoms with Gasteiger partial charge in [0.05, 0.1) is 5.69 Å². The molecule has 2 aliphatic heterocycles. The molecule has 6 rings (SSSR count). The molecule has 2 aromatic carbocycles. The van der Waals surface area contributed by atoms with Crippen molar-refractivity contribution in [3.63, 3.8) is 0 Å². The molecule has 32 heavy (non-hydrogen) atoms. The van der Waals surface area contributed by atoms with Crippen molar-refractivity contribution in [3.8, 4) is 11.4 Å². The molecule has 9 nitrogen and oxygen atoms in total. The first kappa shape index (κ1) is 19.1. The molecule has 10 heteroatoms. The smallest absolute Gasteiger partial charge is 0.263 e. The number of rotatable bonds is 4. The maximum absolute atomic E-state index is 13.2. The number of aromatic nitrogens is 2. The minimum Gasteiger partial charge on any atom is -0.337 e. The molecule has 2 atom stereocenters. The van der Waals surface area contributed by atoms with Gasteiger partial charge in [0.2, 0.25) is 11.7 Å². The summed E-state index contributed by atoms with van der Waals surface area (Å²) in [5.41, 5.74) is 3.81. The molecule has 1 aliphatic carbocycles. The van der Waals surface area contributed by atoms with Crippen LogP contribution in [0.15, 0.2) is 57.3 Å². The lowest BCUT2D eigenvalue weighted by molar-refractivity contribution is -0.123. The third kappa shape index (κ3) is 3.00. The summed E-state index contributed by atoms with van der Waals surface area (Å²) in [7, 11) is 0. The Bertz CT molecular complexity index is 1270. The number of anilines is 1. The minimum absolute atomic E-state index is 0.0717. The highest BCUT2D eigenvalue weighted by Crippen LogP contribution is 2.35. The van der Waals surface area contributed by atoms with Gasteiger partial charge in [-0.2, -0.15) is 10.1 Å². The Morgan fingerprint density at radius 2 is 1.84 bits per heavy atom. The number of fused-ring (bicyclic) bond motifs is 2. The second kappa shape index (κ2) is 7.23. The topological polar surface area (TPSA) is 104 Å². The number of benzene rings is 2. The Morgan fingerprint density at radius 1 is 1.03 bits per heavy atom. The third-order valence-electron chi connectivity index (χ3n) is 6.07. The van der Waals surface area contributed by atoms with Gasteiger partial charge >= 0.3 is 0 Å². The number of halogens is 1. The second-order valence-corrected chi connectivity index (χ2v) is 8.47. The van der Waals surface area contributed by atoms with E-state index in [1.54, 1.807) is 24.3 Å². The van der Waals surface area contributed by atoms with E-state index in [0.717, 1.165) is 24.8 Å².